The Bertz CT molecular complexity index is 453. The zero-order valence-electron chi connectivity index (χ0n) is 13.5. The van der Waals surface area contributed by atoms with Gasteiger partial charge in [-0.1, -0.05) is 0 Å². The van der Waals surface area contributed by atoms with Crippen LogP contribution in [0.5, 0.6) is 0 Å². The van der Waals surface area contributed by atoms with E-state index in [0.29, 0.717) is 0 Å². The summed E-state index contributed by atoms with van der Waals surface area (Å²) in [4.78, 5) is 0. The molecule has 15 heteroatoms. The van der Waals surface area contributed by atoms with Crippen LogP contribution in [0.25, 0.3) is 0 Å². The van der Waals surface area contributed by atoms with Crippen LogP contribution in [0, 0.1) is 0 Å². The summed E-state index contributed by atoms with van der Waals surface area (Å²) in [5.41, 5.74) is 0. The van der Waals surface area contributed by atoms with Crippen LogP contribution in [0.15, 0.2) is 0 Å². The van der Waals surface area contributed by atoms with Gasteiger partial charge in [-0.25, -0.2) is 0 Å². The Morgan fingerprint density at radius 2 is 0.963 bits per heavy atom. The number of hydrogen-bond donors (Lipinski definition) is 8. The number of aliphatic hydroxyl groups excluding tert-OH is 8. The fourth-order valence-corrected chi connectivity index (χ4v) is 40.0. The summed E-state index contributed by atoms with van der Waals surface area (Å²) >= 11 is -1.49. The average molecular weight is 750 g/mol. The molecular weight excluding hydrogens is 728 g/mol. The molecule has 0 unspecified atom stereocenters. The summed E-state index contributed by atoms with van der Waals surface area (Å²) < 4.78 is 10.9. The molecule has 10 atom stereocenters. The van der Waals surface area contributed by atoms with Crippen molar-refractivity contribution in [1.29, 1.82) is 0 Å². The molecule has 0 saturated carbocycles. The zero-order valence-corrected chi connectivity index (χ0v) is 20.7. The van der Waals surface area contributed by atoms with E-state index in [1.54, 1.807) is 0 Å². The quantitative estimate of drug-likeness (QED) is 0.123. The third-order valence-corrected chi connectivity index (χ3v) is 39.4. The molecule has 0 spiro atoms. The number of ether oxygens (including phenoxy) is 2. The van der Waals surface area contributed by atoms with E-state index in [9.17, 15) is 40.9 Å². The molecule has 0 aliphatic carbocycles. The van der Waals surface area contributed by atoms with Crippen LogP contribution in [0.4, 0.5) is 0 Å². The van der Waals surface area contributed by atoms with Crippen molar-refractivity contribution in [2.24, 2.45) is 0 Å². The fourth-order valence-electron chi connectivity index (χ4n) is 2.45. The molecule has 10 nitrogen and oxygen atoms in total. The van der Waals surface area contributed by atoms with E-state index in [2.05, 4.69) is 0 Å². The van der Waals surface area contributed by atoms with Gasteiger partial charge in [0.1, 0.15) is 0 Å². The van der Waals surface area contributed by atoms with Crippen LogP contribution in [0.2, 0.25) is 0 Å². The van der Waals surface area contributed by atoms with Crippen molar-refractivity contribution in [3.05, 3.63) is 0 Å². The van der Waals surface area contributed by atoms with Gasteiger partial charge in [-0.15, -0.1) is 0 Å². The van der Waals surface area contributed by atoms with Gasteiger partial charge >= 0.3 is 176 Å². The fraction of sp³-hybridized carbons (Fsp3) is 1.00. The molecule has 0 radical (unpaired) electrons. The maximum atomic E-state index is 10.1. The molecule has 2 saturated heterocycles. The van der Waals surface area contributed by atoms with Gasteiger partial charge in [-0.2, -0.15) is 0 Å². The van der Waals surface area contributed by atoms with Crippen LogP contribution in [-0.4, -0.2) is 138 Å². The van der Waals surface area contributed by atoms with Crippen molar-refractivity contribution in [3.63, 3.8) is 0 Å². The zero-order chi connectivity index (χ0) is 20.5. The molecule has 2 heterocycles. The van der Waals surface area contributed by atoms with E-state index in [1.807, 2.05) is 0 Å². The summed E-state index contributed by atoms with van der Waals surface area (Å²) in [7, 11) is 9.29. The second-order valence-corrected chi connectivity index (χ2v) is 53.6. The topological polar surface area (TPSA) is 180 Å². The molecule has 2 fully saturated rings. The number of hydrogen-bond acceptors (Lipinski definition) is 10. The number of aliphatic hydroxyl groups is 8. The van der Waals surface area contributed by atoms with E-state index < -0.39 is 107 Å². The first-order chi connectivity index (χ1) is 12.5. The van der Waals surface area contributed by atoms with Crippen molar-refractivity contribution in [2.75, 3.05) is 13.2 Å². The van der Waals surface area contributed by atoms with Gasteiger partial charge in [0.2, 0.25) is 0 Å². The predicted molar refractivity (Wildman–Crippen MR) is 90.7 cm³/mol. The normalized spacial score (nSPS) is 47.0. The second-order valence-electron chi connectivity index (χ2n) is 5.84. The molecule has 8 N–H and O–H groups in total. The summed E-state index contributed by atoms with van der Waals surface area (Å²) in [6.07, 6.45) is -11.1. The third-order valence-electron chi connectivity index (χ3n) is 4.02. The monoisotopic (exact) mass is 751 g/mol. The average Bonchev–Trinajstić information content (AvgIpc) is 2.62. The van der Waals surface area contributed by atoms with Crippen molar-refractivity contribution in [1.82, 2.24) is 0 Å². The maximum absolute atomic E-state index is 10.1. The Hall–Kier alpha value is 1.91. The summed E-state index contributed by atoms with van der Waals surface area (Å²) in [5, 5.41) is 76.1. The van der Waals surface area contributed by atoms with Crippen molar-refractivity contribution >= 4 is 43.5 Å². The summed E-state index contributed by atoms with van der Waals surface area (Å²) in [6, 6.07) is 0. The van der Waals surface area contributed by atoms with Gasteiger partial charge < -0.3 is 0 Å². The molecule has 0 aromatic carbocycles. The van der Waals surface area contributed by atoms with Gasteiger partial charge in [-0.3, -0.25) is 0 Å². The Morgan fingerprint density at radius 3 is 1.26 bits per heavy atom. The third kappa shape index (κ3) is 5.99. The number of rotatable bonds is 6. The number of halogens is 2. The summed E-state index contributed by atoms with van der Waals surface area (Å²) in [5.74, 6) is 0. The van der Waals surface area contributed by atoms with E-state index in [-0.39, 0.29) is 0 Å². The van der Waals surface area contributed by atoms with Crippen LogP contribution in [-0.2, 0) is 19.3 Å². The molecular formula is C12H22Cl2O10PtSe2. The molecule has 2 aliphatic rings. The van der Waals surface area contributed by atoms with E-state index >= 15 is 0 Å². The first-order valence-corrected chi connectivity index (χ1v) is 25.9. The molecule has 0 bridgehead atoms. The molecule has 0 aromatic heterocycles. The Balaban J connectivity index is 2.05. The van der Waals surface area contributed by atoms with Crippen molar-refractivity contribution in [2.45, 2.75) is 58.8 Å². The first-order valence-electron chi connectivity index (χ1n) is 7.58. The van der Waals surface area contributed by atoms with Gasteiger partial charge in [0, 0.05) is 0 Å². The molecule has 166 valence electrons. The minimum atomic E-state index is -3.69. The standard InChI is InChI=1S/2C6H12O5Se.2ClH.Pt/c2*7-1-2-3(8)4(9)5(10)6(12)11-2;;;/h2*2-10,12H,1H2;2*1H;/q;;;;+4/p-4/t2-,3-,4+,5-,6+;2-,3-,4+,5-,6-;;;/m11.../s1. The van der Waals surface area contributed by atoms with Crippen molar-refractivity contribution in [3.8, 4) is 0 Å². The van der Waals surface area contributed by atoms with E-state index in [4.69, 9.17) is 28.3 Å². The summed E-state index contributed by atoms with van der Waals surface area (Å²) in [6.45, 7) is -1.14. The second kappa shape index (κ2) is 10.5. The predicted octanol–water partition coefficient (Wildman–Crippen LogP) is -4.71. The van der Waals surface area contributed by atoms with Gasteiger partial charge in [0.05, 0.1) is 0 Å². The molecule has 0 aromatic rings. The van der Waals surface area contributed by atoms with Crippen molar-refractivity contribution < 1.29 is 60.2 Å². The Kier molecular flexibility index (Phi) is 9.77. The van der Waals surface area contributed by atoms with Crippen LogP contribution in [0.1, 0.15) is 0 Å². The van der Waals surface area contributed by atoms with Crippen LogP contribution in [0.3, 0.4) is 0 Å². The molecule has 0 amide bonds. The SMILES string of the molecule is OC[C@H]1O[C@H]([Se][Pt]([Cl])([Cl])[Se][C@@H]2O[C@H](CO)[C@@H](O)[C@H](O)[C@H]2O)[C@H](O)[C@@H](O)[C@@H]1O. The molecule has 2 rings (SSSR count). The molecule has 27 heavy (non-hydrogen) atoms. The molecule has 2 aliphatic heterocycles. The van der Waals surface area contributed by atoms with Gasteiger partial charge in [-0.05, 0) is 0 Å². The first kappa shape index (κ1) is 25.2. The van der Waals surface area contributed by atoms with Crippen LogP contribution >= 0.6 is 18.8 Å². The van der Waals surface area contributed by atoms with Gasteiger partial charge in [0.15, 0.2) is 0 Å². The van der Waals surface area contributed by atoms with E-state index in [0.717, 1.165) is 0 Å². The Morgan fingerprint density at radius 1 is 0.630 bits per heavy atom. The van der Waals surface area contributed by atoms with E-state index in [1.165, 1.54) is 0 Å². The van der Waals surface area contributed by atoms with Crippen LogP contribution < -0.4 is 0 Å². The Labute approximate surface area is 174 Å². The van der Waals surface area contributed by atoms with Gasteiger partial charge in [0.25, 0.3) is 0 Å². The minimum absolute atomic E-state index is 0.570.